The standard InChI is InChI=1S/C14H21NO5S/c1-3-11-6-7-12(14(16)17)10-13(11)21(18,19)15-8-4-5-9-20-2/h6-7,10,15H,3-5,8-9H2,1-2H3,(H,16,17). The Morgan fingerprint density at radius 3 is 2.62 bits per heavy atom. The Hall–Kier alpha value is -1.44. The topological polar surface area (TPSA) is 92.7 Å². The van der Waals surface area contributed by atoms with E-state index in [2.05, 4.69) is 4.72 Å². The Bertz CT molecular complexity index is 583. The molecule has 0 heterocycles. The van der Waals surface area contributed by atoms with Crippen LogP contribution in [-0.4, -0.2) is 39.8 Å². The van der Waals surface area contributed by atoms with Gasteiger partial charge in [-0.05, 0) is 37.0 Å². The van der Waals surface area contributed by atoms with Gasteiger partial charge in [-0.1, -0.05) is 13.0 Å². The third-order valence-electron chi connectivity index (χ3n) is 3.05. The maximum atomic E-state index is 12.3. The summed E-state index contributed by atoms with van der Waals surface area (Å²) >= 11 is 0. The summed E-state index contributed by atoms with van der Waals surface area (Å²) in [5.74, 6) is -1.14. The van der Waals surface area contributed by atoms with Crippen LogP contribution in [0.3, 0.4) is 0 Å². The first-order valence-electron chi connectivity index (χ1n) is 6.77. The molecular formula is C14H21NO5S. The maximum absolute atomic E-state index is 12.3. The molecule has 0 fully saturated rings. The van der Waals surface area contributed by atoms with Gasteiger partial charge in [0.2, 0.25) is 10.0 Å². The van der Waals surface area contributed by atoms with E-state index in [-0.39, 0.29) is 10.5 Å². The number of rotatable bonds is 9. The zero-order valence-electron chi connectivity index (χ0n) is 12.3. The third kappa shape index (κ3) is 5.11. The van der Waals surface area contributed by atoms with Crippen LogP contribution in [0.1, 0.15) is 35.7 Å². The lowest BCUT2D eigenvalue weighted by Gasteiger charge is -2.11. The van der Waals surface area contributed by atoms with Gasteiger partial charge in [0.1, 0.15) is 0 Å². The quantitative estimate of drug-likeness (QED) is 0.676. The molecule has 0 atom stereocenters. The first-order chi connectivity index (χ1) is 9.92. The third-order valence-corrected chi connectivity index (χ3v) is 4.60. The normalized spacial score (nSPS) is 11.5. The molecule has 0 aliphatic rings. The van der Waals surface area contributed by atoms with Crippen molar-refractivity contribution in [2.75, 3.05) is 20.3 Å². The molecule has 0 bridgehead atoms. The van der Waals surface area contributed by atoms with Gasteiger partial charge in [-0.3, -0.25) is 0 Å². The minimum absolute atomic E-state index is 0.0352. The van der Waals surface area contributed by atoms with E-state index in [0.717, 1.165) is 6.42 Å². The van der Waals surface area contributed by atoms with E-state index in [1.807, 2.05) is 6.92 Å². The fourth-order valence-corrected chi connectivity index (χ4v) is 3.29. The van der Waals surface area contributed by atoms with Crippen LogP contribution in [0.15, 0.2) is 23.1 Å². The lowest BCUT2D eigenvalue weighted by atomic mass is 10.1. The molecule has 6 nitrogen and oxygen atoms in total. The van der Waals surface area contributed by atoms with E-state index in [9.17, 15) is 13.2 Å². The summed E-state index contributed by atoms with van der Waals surface area (Å²) in [5.41, 5.74) is 0.566. The van der Waals surface area contributed by atoms with Crippen LogP contribution in [0.2, 0.25) is 0 Å². The van der Waals surface area contributed by atoms with Crippen LogP contribution in [-0.2, 0) is 21.2 Å². The van der Waals surface area contributed by atoms with Crippen LogP contribution in [0.5, 0.6) is 0 Å². The van der Waals surface area contributed by atoms with Gasteiger partial charge in [0, 0.05) is 20.3 Å². The number of aryl methyl sites for hydroxylation is 1. The van der Waals surface area contributed by atoms with E-state index in [1.54, 1.807) is 13.2 Å². The van der Waals surface area contributed by atoms with Gasteiger partial charge < -0.3 is 9.84 Å². The van der Waals surface area contributed by atoms with Crippen LogP contribution in [0, 0.1) is 0 Å². The van der Waals surface area contributed by atoms with Gasteiger partial charge in [-0.25, -0.2) is 17.9 Å². The molecule has 1 aromatic carbocycles. The predicted octanol–water partition coefficient (Wildman–Crippen LogP) is 1.65. The molecule has 0 saturated carbocycles. The summed E-state index contributed by atoms with van der Waals surface area (Å²) in [4.78, 5) is 11.0. The highest BCUT2D eigenvalue weighted by molar-refractivity contribution is 7.89. The number of carboxylic acid groups (broad SMARTS) is 1. The molecule has 2 N–H and O–H groups in total. The molecule has 0 spiro atoms. The highest BCUT2D eigenvalue weighted by Gasteiger charge is 2.19. The molecule has 0 aromatic heterocycles. The van der Waals surface area contributed by atoms with Crippen molar-refractivity contribution in [3.8, 4) is 0 Å². The molecule has 0 aliphatic carbocycles. The monoisotopic (exact) mass is 315 g/mol. The summed E-state index contributed by atoms with van der Waals surface area (Å²) in [5, 5.41) is 8.98. The van der Waals surface area contributed by atoms with Gasteiger partial charge in [-0.15, -0.1) is 0 Å². The highest BCUT2D eigenvalue weighted by Crippen LogP contribution is 2.18. The molecule has 0 radical (unpaired) electrons. The molecule has 21 heavy (non-hydrogen) atoms. The van der Waals surface area contributed by atoms with E-state index >= 15 is 0 Å². The Morgan fingerprint density at radius 2 is 2.05 bits per heavy atom. The predicted molar refractivity (Wildman–Crippen MR) is 79.1 cm³/mol. The second kappa shape index (κ2) is 8.11. The van der Waals surface area contributed by atoms with Crippen molar-refractivity contribution in [1.29, 1.82) is 0 Å². The Labute approximate surface area is 125 Å². The summed E-state index contributed by atoms with van der Waals surface area (Å²) < 4.78 is 32.0. The van der Waals surface area contributed by atoms with E-state index < -0.39 is 16.0 Å². The number of sulfonamides is 1. The average Bonchev–Trinajstić information content (AvgIpc) is 2.46. The van der Waals surface area contributed by atoms with Crippen LogP contribution >= 0.6 is 0 Å². The molecular weight excluding hydrogens is 294 g/mol. The molecule has 1 rings (SSSR count). The number of carbonyl (C=O) groups is 1. The van der Waals surface area contributed by atoms with Crippen molar-refractivity contribution in [3.63, 3.8) is 0 Å². The van der Waals surface area contributed by atoms with Crippen molar-refractivity contribution in [2.24, 2.45) is 0 Å². The number of nitrogens with one attached hydrogen (secondary N) is 1. The number of aromatic carboxylic acids is 1. The molecule has 1 aromatic rings. The average molecular weight is 315 g/mol. The SMILES string of the molecule is CCc1ccc(C(=O)O)cc1S(=O)(=O)NCCCCOC. The minimum atomic E-state index is -3.70. The number of hydrogen-bond acceptors (Lipinski definition) is 4. The lowest BCUT2D eigenvalue weighted by Crippen LogP contribution is -2.26. The summed E-state index contributed by atoms with van der Waals surface area (Å²) in [7, 11) is -2.11. The first-order valence-corrected chi connectivity index (χ1v) is 8.25. The van der Waals surface area contributed by atoms with Crippen LogP contribution in [0.4, 0.5) is 0 Å². The van der Waals surface area contributed by atoms with Crippen LogP contribution in [0.25, 0.3) is 0 Å². The van der Waals surface area contributed by atoms with Gasteiger partial charge in [0.05, 0.1) is 10.5 Å². The number of methoxy groups -OCH3 is 1. The van der Waals surface area contributed by atoms with Gasteiger partial charge in [-0.2, -0.15) is 0 Å². The summed E-state index contributed by atoms with van der Waals surface area (Å²) in [6.45, 7) is 2.70. The molecule has 0 amide bonds. The largest absolute Gasteiger partial charge is 0.478 e. The first kappa shape index (κ1) is 17.6. The van der Waals surface area contributed by atoms with Crippen molar-refractivity contribution in [2.45, 2.75) is 31.1 Å². The summed E-state index contributed by atoms with van der Waals surface area (Å²) in [6.07, 6.45) is 1.93. The van der Waals surface area contributed by atoms with E-state index in [0.29, 0.717) is 31.6 Å². The highest BCUT2D eigenvalue weighted by atomic mass is 32.2. The lowest BCUT2D eigenvalue weighted by molar-refractivity contribution is 0.0696. The molecule has 0 aliphatic heterocycles. The molecule has 118 valence electrons. The number of unbranched alkanes of at least 4 members (excludes halogenated alkanes) is 1. The van der Waals surface area contributed by atoms with E-state index in [4.69, 9.17) is 9.84 Å². The van der Waals surface area contributed by atoms with Crippen molar-refractivity contribution >= 4 is 16.0 Å². The van der Waals surface area contributed by atoms with Crippen LogP contribution < -0.4 is 4.72 Å². The molecule has 0 saturated heterocycles. The van der Waals surface area contributed by atoms with Crippen molar-refractivity contribution in [1.82, 2.24) is 4.72 Å². The number of hydrogen-bond donors (Lipinski definition) is 2. The fourth-order valence-electron chi connectivity index (χ4n) is 1.89. The number of ether oxygens (including phenoxy) is 1. The Balaban J connectivity index is 2.90. The van der Waals surface area contributed by atoms with Crippen molar-refractivity contribution in [3.05, 3.63) is 29.3 Å². The zero-order valence-corrected chi connectivity index (χ0v) is 13.1. The number of carboxylic acids is 1. The number of benzene rings is 1. The Kier molecular flexibility index (Phi) is 6.80. The summed E-state index contributed by atoms with van der Waals surface area (Å²) in [6, 6.07) is 4.17. The Morgan fingerprint density at radius 1 is 1.33 bits per heavy atom. The minimum Gasteiger partial charge on any atom is -0.478 e. The maximum Gasteiger partial charge on any atom is 0.335 e. The zero-order chi connectivity index (χ0) is 15.9. The second-order valence-corrected chi connectivity index (χ2v) is 6.31. The molecule has 0 unspecified atom stereocenters. The van der Waals surface area contributed by atoms with Gasteiger partial charge >= 0.3 is 5.97 Å². The second-order valence-electron chi connectivity index (χ2n) is 4.58. The van der Waals surface area contributed by atoms with Gasteiger partial charge in [0.15, 0.2) is 0 Å². The van der Waals surface area contributed by atoms with Gasteiger partial charge in [0.25, 0.3) is 0 Å². The molecule has 7 heteroatoms. The fraction of sp³-hybridized carbons (Fsp3) is 0.500. The van der Waals surface area contributed by atoms with E-state index in [1.165, 1.54) is 12.1 Å². The smallest absolute Gasteiger partial charge is 0.335 e. The van der Waals surface area contributed by atoms with Crippen molar-refractivity contribution < 1.29 is 23.1 Å².